The average molecular weight is 431 g/mol. The van der Waals surface area contributed by atoms with E-state index in [0.29, 0.717) is 23.7 Å². The molecule has 0 amide bonds. The predicted molar refractivity (Wildman–Crippen MR) is 129 cm³/mol. The Balaban J connectivity index is 1.71. The molecular formula is C28H46O3. The Morgan fingerprint density at radius 2 is 1.94 bits per heavy atom. The lowest BCUT2D eigenvalue weighted by molar-refractivity contribution is 0.0283. The fourth-order valence-electron chi connectivity index (χ4n) is 6.91. The van der Waals surface area contributed by atoms with Crippen LogP contribution < -0.4 is 0 Å². The van der Waals surface area contributed by atoms with Crippen molar-refractivity contribution < 1.29 is 15.3 Å². The monoisotopic (exact) mass is 430 g/mol. The lowest BCUT2D eigenvalue weighted by atomic mass is 9.60. The Bertz CT molecular complexity index is 712. The van der Waals surface area contributed by atoms with Crippen molar-refractivity contribution in [2.75, 3.05) is 0 Å². The molecule has 3 rings (SSSR count). The first-order chi connectivity index (χ1) is 14.4. The first kappa shape index (κ1) is 24.7. The van der Waals surface area contributed by atoms with Crippen LogP contribution in [0, 0.1) is 29.1 Å². The number of hydrogen-bond acceptors (Lipinski definition) is 3. The van der Waals surface area contributed by atoms with E-state index in [1.807, 2.05) is 20.8 Å². The minimum Gasteiger partial charge on any atom is -0.392 e. The molecule has 0 aliphatic heterocycles. The molecule has 7 atom stereocenters. The quantitative estimate of drug-likeness (QED) is 0.488. The van der Waals surface area contributed by atoms with Crippen molar-refractivity contribution in [1.82, 2.24) is 0 Å². The maximum atomic E-state index is 10.4. The van der Waals surface area contributed by atoms with E-state index in [-0.39, 0.29) is 5.92 Å². The van der Waals surface area contributed by atoms with Gasteiger partial charge in [0, 0.05) is 5.92 Å². The molecule has 3 fully saturated rings. The molecule has 0 saturated heterocycles. The molecule has 3 N–H and O–H groups in total. The molecule has 3 saturated carbocycles. The first-order valence-corrected chi connectivity index (χ1v) is 12.6. The zero-order chi connectivity index (χ0) is 23.0. The summed E-state index contributed by atoms with van der Waals surface area (Å²) in [7, 11) is 0. The Morgan fingerprint density at radius 1 is 1.23 bits per heavy atom. The van der Waals surface area contributed by atoms with Gasteiger partial charge in [0.05, 0.1) is 17.8 Å². The maximum absolute atomic E-state index is 10.4. The van der Waals surface area contributed by atoms with E-state index in [2.05, 4.69) is 32.6 Å². The second-order valence-electron chi connectivity index (χ2n) is 11.8. The fourth-order valence-corrected chi connectivity index (χ4v) is 6.91. The number of aliphatic hydroxyl groups excluding tert-OH is 2. The van der Waals surface area contributed by atoms with Crippen LogP contribution in [0.1, 0.15) is 92.4 Å². The highest BCUT2D eigenvalue weighted by atomic mass is 16.3. The summed E-state index contributed by atoms with van der Waals surface area (Å²) in [4.78, 5) is 0. The molecule has 31 heavy (non-hydrogen) atoms. The van der Waals surface area contributed by atoms with Gasteiger partial charge < -0.3 is 15.3 Å². The van der Waals surface area contributed by atoms with Crippen molar-refractivity contribution in [1.29, 1.82) is 0 Å². The van der Waals surface area contributed by atoms with Crippen molar-refractivity contribution >= 4 is 0 Å². The van der Waals surface area contributed by atoms with Crippen LogP contribution in [0.4, 0.5) is 0 Å². The van der Waals surface area contributed by atoms with E-state index >= 15 is 0 Å². The van der Waals surface area contributed by atoms with E-state index in [4.69, 9.17) is 0 Å². The summed E-state index contributed by atoms with van der Waals surface area (Å²) in [5.74, 6) is 1.94. The van der Waals surface area contributed by atoms with Crippen LogP contribution >= 0.6 is 0 Å². The molecule has 3 aliphatic carbocycles. The molecule has 3 aliphatic rings. The van der Waals surface area contributed by atoms with Crippen molar-refractivity contribution in [3.8, 4) is 0 Å². The topological polar surface area (TPSA) is 60.7 Å². The molecule has 176 valence electrons. The van der Waals surface area contributed by atoms with Crippen molar-refractivity contribution in [2.45, 2.75) is 110 Å². The molecule has 0 radical (unpaired) electrons. The highest BCUT2D eigenvalue weighted by Crippen LogP contribution is 2.60. The minimum atomic E-state index is -0.648. The SMILES string of the molecule is C=C1/C(=C\C=C2/CCC[C@@]3(C)C2CC[C@@H]3[C@H](C)CCCC(C)(C)O)C[C@H](O)[C@@H](C)[C@@H]1O. The predicted octanol–water partition coefficient (Wildman–Crippen LogP) is 5.95. The third-order valence-electron chi connectivity index (χ3n) is 8.97. The van der Waals surface area contributed by atoms with Gasteiger partial charge in [-0.2, -0.15) is 0 Å². The van der Waals surface area contributed by atoms with Crippen molar-refractivity contribution in [2.24, 2.45) is 29.1 Å². The number of hydrogen-bond donors (Lipinski definition) is 3. The summed E-state index contributed by atoms with van der Waals surface area (Å²) in [5, 5.41) is 30.7. The highest BCUT2D eigenvalue weighted by Gasteiger charge is 2.50. The molecule has 0 spiro atoms. The lowest BCUT2D eigenvalue weighted by Crippen LogP contribution is -2.36. The second kappa shape index (κ2) is 9.53. The maximum Gasteiger partial charge on any atom is 0.0837 e. The smallest absolute Gasteiger partial charge is 0.0837 e. The van der Waals surface area contributed by atoms with Gasteiger partial charge >= 0.3 is 0 Å². The van der Waals surface area contributed by atoms with E-state index in [9.17, 15) is 15.3 Å². The largest absolute Gasteiger partial charge is 0.392 e. The van der Waals surface area contributed by atoms with Crippen LogP contribution in [-0.2, 0) is 0 Å². The summed E-state index contributed by atoms with van der Waals surface area (Å²) in [6, 6.07) is 0. The Hall–Kier alpha value is -0.900. The normalized spacial score (nSPS) is 40.4. The zero-order valence-corrected chi connectivity index (χ0v) is 20.5. The molecule has 0 aromatic heterocycles. The van der Waals surface area contributed by atoms with Gasteiger partial charge in [-0.05, 0) is 93.1 Å². The van der Waals surface area contributed by atoms with Gasteiger partial charge in [0.15, 0.2) is 0 Å². The highest BCUT2D eigenvalue weighted by molar-refractivity contribution is 5.39. The molecule has 3 nitrogen and oxygen atoms in total. The van der Waals surface area contributed by atoms with E-state index in [1.54, 1.807) is 5.57 Å². The van der Waals surface area contributed by atoms with Gasteiger partial charge in [-0.1, -0.05) is 57.9 Å². The van der Waals surface area contributed by atoms with E-state index < -0.39 is 17.8 Å². The van der Waals surface area contributed by atoms with Crippen LogP contribution in [0.2, 0.25) is 0 Å². The van der Waals surface area contributed by atoms with Gasteiger partial charge in [-0.15, -0.1) is 0 Å². The lowest BCUT2D eigenvalue weighted by Gasteiger charge is -2.44. The average Bonchev–Trinajstić information content (AvgIpc) is 3.04. The minimum absolute atomic E-state index is 0.149. The molecule has 0 heterocycles. The van der Waals surface area contributed by atoms with Crippen LogP contribution in [-0.4, -0.2) is 33.1 Å². The summed E-state index contributed by atoms with van der Waals surface area (Å²) < 4.78 is 0. The Kier molecular flexibility index (Phi) is 7.61. The molecule has 1 unspecified atom stereocenters. The number of aliphatic hydroxyl groups is 3. The number of allylic oxidation sites excluding steroid dienone is 3. The van der Waals surface area contributed by atoms with Gasteiger partial charge in [-0.25, -0.2) is 0 Å². The third kappa shape index (κ3) is 5.37. The van der Waals surface area contributed by atoms with Gasteiger partial charge in [0.1, 0.15) is 0 Å². The number of fused-ring (bicyclic) bond motifs is 1. The van der Waals surface area contributed by atoms with Gasteiger partial charge in [0.25, 0.3) is 0 Å². The number of rotatable bonds is 6. The van der Waals surface area contributed by atoms with Crippen molar-refractivity contribution in [3.63, 3.8) is 0 Å². The third-order valence-corrected chi connectivity index (χ3v) is 8.97. The first-order valence-electron chi connectivity index (χ1n) is 12.6. The van der Waals surface area contributed by atoms with E-state index in [0.717, 1.165) is 36.3 Å². The molecule has 0 aromatic carbocycles. The molecular weight excluding hydrogens is 384 g/mol. The summed E-state index contributed by atoms with van der Waals surface area (Å²) in [6.07, 6.45) is 13.4. The van der Waals surface area contributed by atoms with Crippen LogP contribution in [0.15, 0.2) is 35.5 Å². The molecule has 0 bridgehead atoms. The Morgan fingerprint density at radius 3 is 2.61 bits per heavy atom. The summed E-state index contributed by atoms with van der Waals surface area (Å²) >= 11 is 0. The van der Waals surface area contributed by atoms with Gasteiger partial charge in [0.2, 0.25) is 0 Å². The second-order valence-corrected chi connectivity index (χ2v) is 11.8. The zero-order valence-electron chi connectivity index (χ0n) is 20.5. The fraction of sp³-hybridized carbons (Fsp3) is 0.786. The van der Waals surface area contributed by atoms with Crippen LogP contribution in [0.5, 0.6) is 0 Å². The summed E-state index contributed by atoms with van der Waals surface area (Å²) in [6.45, 7) is 14.8. The van der Waals surface area contributed by atoms with E-state index in [1.165, 1.54) is 32.1 Å². The summed E-state index contributed by atoms with van der Waals surface area (Å²) in [5.41, 5.74) is 3.15. The molecule has 0 aromatic rings. The van der Waals surface area contributed by atoms with Crippen LogP contribution in [0.3, 0.4) is 0 Å². The molecule has 3 heteroatoms. The Labute approximate surface area is 190 Å². The standard InChI is InChI=1S/C28H46O3/c1-18(9-7-15-27(4,5)31)23-13-14-24-21(10-8-16-28(23,24)6)11-12-22-17-25(29)20(3)26(30)19(22)2/h11-12,18,20,23-26,29-31H,2,7-10,13-17H2,1,3-6H3/b21-11+,22-12-/t18-,20-,23-,24?,25+,26-,28-/m1/s1. The van der Waals surface area contributed by atoms with Crippen LogP contribution in [0.25, 0.3) is 0 Å². The van der Waals surface area contributed by atoms with Crippen molar-refractivity contribution in [3.05, 3.63) is 35.5 Å². The van der Waals surface area contributed by atoms with Gasteiger partial charge in [-0.3, -0.25) is 0 Å².